The monoisotopic (exact) mass is 235 g/mol. The van der Waals surface area contributed by atoms with Crippen molar-refractivity contribution in [2.75, 3.05) is 6.54 Å². The minimum absolute atomic E-state index is 0.506. The molecule has 1 atom stereocenters. The maximum Gasteiger partial charge on any atom is 0.106 e. The van der Waals surface area contributed by atoms with Crippen LogP contribution >= 0.6 is 0 Å². The van der Waals surface area contributed by atoms with Gasteiger partial charge in [-0.25, -0.2) is 4.98 Å². The fourth-order valence-electron chi connectivity index (χ4n) is 2.78. The molecule has 0 amide bonds. The van der Waals surface area contributed by atoms with Crippen molar-refractivity contribution < 1.29 is 0 Å². The summed E-state index contributed by atoms with van der Waals surface area (Å²) >= 11 is 0. The molecule has 0 aliphatic heterocycles. The van der Waals surface area contributed by atoms with Gasteiger partial charge in [0.1, 0.15) is 5.82 Å². The molecule has 0 spiro atoms. The van der Waals surface area contributed by atoms with Gasteiger partial charge in [0.15, 0.2) is 0 Å². The Hall–Kier alpha value is -0.830. The van der Waals surface area contributed by atoms with Gasteiger partial charge in [0.25, 0.3) is 0 Å². The van der Waals surface area contributed by atoms with Crippen LogP contribution in [0.3, 0.4) is 0 Å². The second kappa shape index (κ2) is 5.21. The predicted molar refractivity (Wildman–Crippen MR) is 71.5 cm³/mol. The molecule has 1 aromatic heterocycles. The number of hydrogen-bond acceptors (Lipinski definition) is 2. The van der Waals surface area contributed by atoms with E-state index in [9.17, 15) is 0 Å². The summed E-state index contributed by atoms with van der Waals surface area (Å²) in [6.45, 7) is 9.86. The maximum atomic E-state index is 4.73. The van der Waals surface area contributed by atoms with Gasteiger partial charge in [-0.15, -0.1) is 0 Å². The van der Waals surface area contributed by atoms with Gasteiger partial charge in [-0.1, -0.05) is 13.8 Å². The highest BCUT2D eigenvalue weighted by Gasteiger charge is 2.20. The van der Waals surface area contributed by atoms with Crippen molar-refractivity contribution >= 4 is 0 Å². The molecule has 3 heteroatoms. The smallest absolute Gasteiger partial charge is 0.106 e. The van der Waals surface area contributed by atoms with Crippen LogP contribution in [0.25, 0.3) is 0 Å². The van der Waals surface area contributed by atoms with Crippen LogP contribution in [0.4, 0.5) is 0 Å². The summed E-state index contributed by atoms with van der Waals surface area (Å²) in [6, 6.07) is 1.06. The average Bonchev–Trinajstić information content (AvgIpc) is 2.61. The van der Waals surface area contributed by atoms with Gasteiger partial charge in [-0.3, -0.25) is 0 Å². The molecule has 1 aliphatic rings. The Bertz CT molecular complexity index is 379. The van der Waals surface area contributed by atoms with E-state index in [4.69, 9.17) is 4.98 Å². The highest BCUT2D eigenvalue weighted by Crippen LogP contribution is 2.25. The normalized spacial score (nSPS) is 17.2. The van der Waals surface area contributed by atoms with E-state index in [-0.39, 0.29) is 0 Å². The van der Waals surface area contributed by atoms with E-state index in [1.807, 2.05) is 0 Å². The predicted octanol–water partition coefficient (Wildman–Crippen LogP) is 2.63. The zero-order valence-corrected chi connectivity index (χ0v) is 11.6. The summed E-state index contributed by atoms with van der Waals surface area (Å²) in [7, 11) is 0. The molecule has 0 radical (unpaired) electrons. The Kier molecular flexibility index (Phi) is 3.87. The first-order valence-corrected chi connectivity index (χ1v) is 6.89. The Balaban J connectivity index is 2.16. The van der Waals surface area contributed by atoms with Gasteiger partial charge in [0.2, 0.25) is 0 Å². The topological polar surface area (TPSA) is 29.9 Å². The number of rotatable bonds is 4. The number of nitrogens with one attached hydrogen (secondary N) is 1. The molecule has 0 saturated carbocycles. The van der Waals surface area contributed by atoms with Crippen molar-refractivity contribution in [3.05, 3.63) is 17.2 Å². The van der Waals surface area contributed by atoms with Crippen molar-refractivity contribution in [1.82, 2.24) is 14.9 Å². The van der Waals surface area contributed by atoms with Gasteiger partial charge >= 0.3 is 0 Å². The van der Waals surface area contributed by atoms with Crippen molar-refractivity contribution in [2.45, 2.75) is 65.5 Å². The van der Waals surface area contributed by atoms with Crippen LogP contribution in [-0.4, -0.2) is 22.1 Å². The number of aryl methyl sites for hydroxylation is 2. The first kappa shape index (κ1) is 12.6. The van der Waals surface area contributed by atoms with Crippen LogP contribution in [-0.2, 0) is 12.8 Å². The van der Waals surface area contributed by atoms with Gasteiger partial charge in [-0.05, 0) is 39.5 Å². The van der Waals surface area contributed by atoms with Crippen molar-refractivity contribution in [3.63, 3.8) is 0 Å². The van der Waals surface area contributed by atoms with E-state index >= 15 is 0 Å². The molecule has 0 aromatic carbocycles. The van der Waals surface area contributed by atoms with E-state index < -0.39 is 0 Å². The average molecular weight is 235 g/mol. The summed E-state index contributed by atoms with van der Waals surface area (Å²) < 4.78 is 2.45. The number of imidazole rings is 1. The van der Waals surface area contributed by atoms with E-state index in [2.05, 4.69) is 37.6 Å². The zero-order valence-electron chi connectivity index (χ0n) is 11.6. The third-order valence-corrected chi connectivity index (χ3v) is 3.61. The third kappa shape index (κ3) is 2.71. The van der Waals surface area contributed by atoms with E-state index in [1.165, 1.54) is 42.9 Å². The molecule has 1 unspecified atom stereocenters. The quantitative estimate of drug-likeness (QED) is 0.869. The van der Waals surface area contributed by atoms with E-state index in [1.54, 1.807) is 0 Å². The minimum Gasteiger partial charge on any atom is -0.328 e. The van der Waals surface area contributed by atoms with Crippen LogP contribution in [0.1, 0.15) is 56.9 Å². The summed E-state index contributed by atoms with van der Waals surface area (Å²) in [5, 5.41) is 3.52. The molecule has 3 nitrogen and oxygen atoms in total. The first-order valence-electron chi connectivity index (χ1n) is 6.89. The lowest BCUT2D eigenvalue weighted by Gasteiger charge is -2.22. The maximum absolute atomic E-state index is 4.73. The molecule has 0 saturated heterocycles. The van der Waals surface area contributed by atoms with Crippen LogP contribution in [0.15, 0.2) is 0 Å². The summed E-state index contributed by atoms with van der Waals surface area (Å²) in [6.07, 6.45) is 5.01. The molecule has 1 N–H and O–H groups in total. The highest BCUT2D eigenvalue weighted by molar-refractivity contribution is 5.20. The number of fused-ring (bicyclic) bond motifs is 1. The molecule has 1 aromatic rings. The number of nitrogens with zero attached hydrogens (tertiary/aromatic N) is 2. The largest absolute Gasteiger partial charge is 0.328 e. The lowest BCUT2D eigenvalue weighted by molar-refractivity contribution is 0.443. The van der Waals surface area contributed by atoms with E-state index in [0.29, 0.717) is 12.1 Å². The van der Waals surface area contributed by atoms with Gasteiger partial charge < -0.3 is 9.88 Å². The standard InChI is InChI=1S/C14H25N3/c1-10(2)15-9-11(3)17-12(4)16-13-7-5-6-8-14(13)17/h10-11,15H,5-9H2,1-4H3. The van der Waals surface area contributed by atoms with Crippen molar-refractivity contribution in [1.29, 1.82) is 0 Å². The molecule has 0 bridgehead atoms. The van der Waals surface area contributed by atoms with Gasteiger partial charge in [0, 0.05) is 24.3 Å². The lowest BCUT2D eigenvalue weighted by Crippen LogP contribution is -2.30. The molecule has 0 fully saturated rings. The molecule has 2 rings (SSSR count). The Morgan fingerprint density at radius 2 is 1.94 bits per heavy atom. The summed E-state index contributed by atoms with van der Waals surface area (Å²) in [4.78, 5) is 4.73. The van der Waals surface area contributed by atoms with E-state index in [0.717, 1.165) is 6.54 Å². The van der Waals surface area contributed by atoms with Crippen LogP contribution in [0, 0.1) is 6.92 Å². The zero-order chi connectivity index (χ0) is 12.4. The highest BCUT2D eigenvalue weighted by atomic mass is 15.1. The molecular weight excluding hydrogens is 210 g/mol. The van der Waals surface area contributed by atoms with Crippen LogP contribution < -0.4 is 5.32 Å². The SMILES string of the molecule is Cc1nc2c(n1C(C)CNC(C)C)CCCC2. The Morgan fingerprint density at radius 3 is 2.65 bits per heavy atom. The second-order valence-electron chi connectivity index (χ2n) is 5.54. The van der Waals surface area contributed by atoms with Crippen LogP contribution in [0.5, 0.6) is 0 Å². The second-order valence-corrected chi connectivity index (χ2v) is 5.54. The molecule has 17 heavy (non-hydrogen) atoms. The van der Waals surface area contributed by atoms with Crippen molar-refractivity contribution in [3.8, 4) is 0 Å². The van der Waals surface area contributed by atoms with Crippen molar-refractivity contribution in [2.24, 2.45) is 0 Å². The molecule has 96 valence electrons. The molecular formula is C14H25N3. The number of hydrogen-bond donors (Lipinski definition) is 1. The summed E-state index contributed by atoms with van der Waals surface area (Å²) in [5.41, 5.74) is 2.84. The van der Waals surface area contributed by atoms with Gasteiger partial charge in [-0.2, -0.15) is 0 Å². The fourth-order valence-corrected chi connectivity index (χ4v) is 2.78. The molecule has 1 heterocycles. The summed E-state index contributed by atoms with van der Waals surface area (Å²) in [5.74, 6) is 1.19. The van der Waals surface area contributed by atoms with Crippen LogP contribution in [0.2, 0.25) is 0 Å². The Morgan fingerprint density at radius 1 is 1.24 bits per heavy atom. The minimum atomic E-state index is 0.506. The lowest BCUT2D eigenvalue weighted by atomic mass is 10.0. The third-order valence-electron chi connectivity index (χ3n) is 3.61. The Labute approximate surface area is 105 Å². The van der Waals surface area contributed by atoms with Gasteiger partial charge in [0.05, 0.1) is 5.69 Å². The fraction of sp³-hybridized carbons (Fsp3) is 0.786. The number of aromatic nitrogens is 2. The molecule has 1 aliphatic carbocycles. The first-order chi connectivity index (χ1) is 8.09.